The van der Waals surface area contributed by atoms with E-state index in [9.17, 15) is 18.0 Å². The summed E-state index contributed by atoms with van der Waals surface area (Å²) in [5.74, 6) is -2.18. The van der Waals surface area contributed by atoms with Gasteiger partial charge in [-0.1, -0.05) is 5.16 Å². The number of hydroxylamine groups is 1. The number of carbonyl (C=O) groups excluding carboxylic acids is 1. The van der Waals surface area contributed by atoms with Crippen molar-refractivity contribution in [3.8, 4) is 11.4 Å². The molecule has 112 valence electrons. The maximum atomic E-state index is 12.0. The quantitative estimate of drug-likeness (QED) is 0.861. The molecule has 0 radical (unpaired) electrons. The number of hydrogen-bond donors (Lipinski definition) is 1. The molecule has 0 saturated carbocycles. The lowest BCUT2D eigenvalue weighted by atomic mass is 10.3. The van der Waals surface area contributed by atoms with Crippen LogP contribution in [0.3, 0.4) is 0 Å². The molecule has 0 aromatic carbocycles. The highest BCUT2D eigenvalue weighted by atomic mass is 19.4. The summed E-state index contributed by atoms with van der Waals surface area (Å²) in [5, 5.41) is 3.65. The Labute approximate surface area is 116 Å². The van der Waals surface area contributed by atoms with Gasteiger partial charge in [0.2, 0.25) is 11.7 Å². The van der Waals surface area contributed by atoms with Crippen LogP contribution in [0.5, 0.6) is 0 Å². The third-order valence-corrected chi connectivity index (χ3v) is 2.29. The van der Waals surface area contributed by atoms with Gasteiger partial charge in [0, 0.05) is 18.0 Å². The predicted octanol–water partition coefficient (Wildman–Crippen LogP) is 1.80. The standard InChI is InChI=1S/C11H9F3N4O3/c1-6(17-21-10(19)11(12,13)14)9-16-8(18-20-9)7-3-2-4-15-5-7/h2-6,17H,1H3. The fourth-order valence-corrected chi connectivity index (χ4v) is 1.27. The monoisotopic (exact) mass is 302 g/mol. The first-order valence-corrected chi connectivity index (χ1v) is 5.65. The van der Waals surface area contributed by atoms with Crippen molar-refractivity contribution < 1.29 is 27.3 Å². The van der Waals surface area contributed by atoms with Crippen LogP contribution in [0.1, 0.15) is 18.9 Å². The molecule has 0 saturated heterocycles. The summed E-state index contributed by atoms with van der Waals surface area (Å²) in [6, 6.07) is 2.44. The average Bonchev–Trinajstić information content (AvgIpc) is 2.94. The van der Waals surface area contributed by atoms with Gasteiger partial charge in [-0.3, -0.25) is 4.98 Å². The van der Waals surface area contributed by atoms with Crippen molar-refractivity contribution >= 4 is 5.97 Å². The molecular weight excluding hydrogens is 293 g/mol. The van der Waals surface area contributed by atoms with E-state index in [-0.39, 0.29) is 11.7 Å². The minimum Gasteiger partial charge on any atom is -0.363 e. The van der Waals surface area contributed by atoms with Crippen LogP contribution in [0, 0.1) is 0 Å². The molecule has 7 nitrogen and oxygen atoms in total. The second-order valence-electron chi connectivity index (χ2n) is 3.92. The van der Waals surface area contributed by atoms with Crippen molar-refractivity contribution in [1.82, 2.24) is 20.6 Å². The van der Waals surface area contributed by atoms with Crippen LogP contribution < -0.4 is 5.48 Å². The lowest BCUT2D eigenvalue weighted by molar-refractivity contribution is -0.208. The predicted molar refractivity (Wildman–Crippen MR) is 61.2 cm³/mol. The first kappa shape index (κ1) is 14.9. The van der Waals surface area contributed by atoms with Crippen molar-refractivity contribution in [3.05, 3.63) is 30.4 Å². The van der Waals surface area contributed by atoms with Crippen molar-refractivity contribution in [2.45, 2.75) is 19.1 Å². The largest absolute Gasteiger partial charge is 0.492 e. The third kappa shape index (κ3) is 3.75. The van der Waals surface area contributed by atoms with Crippen LogP contribution in [0.2, 0.25) is 0 Å². The number of alkyl halides is 3. The van der Waals surface area contributed by atoms with Gasteiger partial charge in [0.25, 0.3) is 0 Å². The van der Waals surface area contributed by atoms with Crippen molar-refractivity contribution in [2.24, 2.45) is 0 Å². The van der Waals surface area contributed by atoms with Crippen LogP contribution in [-0.4, -0.2) is 27.3 Å². The molecule has 0 aliphatic heterocycles. The maximum absolute atomic E-state index is 12.0. The van der Waals surface area contributed by atoms with Crippen molar-refractivity contribution in [2.75, 3.05) is 0 Å². The molecule has 0 spiro atoms. The Hall–Kier alpha value is -2.49. The van der Waals surface area contributed by atoms with Gasteiger partial charge in [0.1, 0.15) is 6.04 Å². The molecule has 0 bridgehead atoms. The molecule has 2 rings (SSSR count). The van der Waals surface area contributed by atoms with E-state index < -0.39 is 18.2 Å². The highest BCUT2D eigenvalue weighted by Crippen LogP contribution is 2.19. The zero-order valence-corrected chi connectivity index (χ0v) is 10.6. The van der Waals surface area contributed by atoms with E-state index in [1.165, 1.54) is 13.1 Å². The van der Waals surface area contributed by atoms with Gasteiger partial charge in [0.15, 0.2) is 0 Å². The van der Waals surface area contributed by atoms with Crippen molar-refractivity contribution in [1.29, 1.82) is 0 Å². The number of rotatable bonds is 4. The number of pyridine rings is 1. The molecule has 0 aliphatic rings. The fraction of sp³-hybridized carbons (Fsp3) is 0.273. The second-order valence-corrected chi connectivity index (χ2v) is 3.92. The molecule has 0 fully saturated rings. The summed E-state index contributed by atoms with van der Waals surface area (Å²) in [6.45, 7) is 1.39. The molecule has 21 heavy (non-hydrogen) atoms. The lowest BCUT2D eigenvalue weighted by Crippen LogP contribution is -2.32. The minimum atomic E-state index is -5.08. The average molecular weight is 302 g/mol. The first-order valence-electron chi connectivity index (χ1n) is 5.65. The van der Waals surface area contributed by atoms with Crippen LogP contribution in [-0.2, 0) is 9.63 Å². The molecule has 0 amide bonds. The summed E-state index contributed by atoms with van der Waals surface area (Å²) in [7, 11) is 0. The van der Waals surface area contributed by atoms with Crippen LogP contribution >= 0.6 is 0 Å². The Morgan fingerprint density at radius 1 is 1.48 bits per heavy atom. The van der Waals surface area contributed by atoms with E-state index >= 15 is 0 Å². The normalized spacial score (nSPS) is 13.0. The van der Waals surface area contributed by atoms with E-state index in [0.717, 1.165) is 0 Å². The minimum absolute atomic E-state index is 0.0381. The molecule has 10 heteroatoms. The van der Waals surface area contributed by atoms with Crippen LogP contribution in [0.25, 0.3) is 11.4 Å². The molecule has 0 aliphatic carbocycles. The Balaban J connectivity index is 2.00. The fourth-order valence-electron chi connectivity index (χ4n) is 1.27. The number of nitrogens with one attached hydrogen (secondary N) is 1. The SMILES string of the molecule is CC(NOC(=O)C(F)(F)F)c1nc(-c2cccnc2)no1. The van der Waals surface area contributed by atoms with Crippen LogP contribution in [0.4, 0.5) is 13.2 Å². The lowest BCUT2D eigenvalue weighted by Gasteiger charge is -2.10. The van der Waals surface area contributed by atoms with Gasteiger partial charge in [-0.2, -0.15) is 18.2 Å². The molecule has 2 aromatic rings. The van der Waals surface area contributed by atoms with E-state index in [2.05, 4.69) is 20.0 Å². The second kappa shape index (κ2) is 5.87. The van der Waals surface area contributed by atoms with E-state index in [4.69, 9.17) is 4.52 Å². The van der Waals surface area contributed by atoms with Gasteiger partial charge < -0.3 is 9.36 Å². The Bertz CT molecular complexity index is 615. The Morgan fingerprint density at radius 3 is 2.86 bits per heavy atom. The molecule has 1 unspecified atom stereocenters. The zero-order valence-electron chi connectivity index (χ0n) is 10.6. The Morgan fingerprint density at radius 2 is 2.24 bits per heavy atom. The molecule has 1 N–H and O–H groups in total. The summed E-state index contributed by atoms with van der Waals surface area (Å²) in [6.07, 6.45) is -2.02. The molecular formula is C11H9F3N4O3. The summed E-state index contributed by atoms with van der Waals surface area (Å²) < 4.78 is 40.7. The number of hydrogen-bond acceptors (Lipinski definition) is 7. The van der Waals surface area contributed by atoms with E-state index in [1.54, 1.807) is 18.3 Å². The van der Waals surface area contributed by atoms with E-state index in [1.807, 2.05) is 5.48 Å². The molecule has 1 atom stereocenters. The van der Waals surface area contributed by atoms with Gasteiger partial charge in [-0.25, -0.2) is 4.79 Å². The van der Waals surface area contributed by atoms with Crippen molar-refractivity contribution in [3.63, 3.8) is 0 Å². The molecule has 2 aromatic heterocycles. The first-order chi connectivity index (χ1) is 9.88. The van der Waals surface area contributed by atoms with E-state index in [0.29, 0.717) is 5.56 Å². The summed E-state index contributed by atoms with van der Waals surface area (Å²) in [4.78, 5) is 22.3. The van der Waals surface area contributed by atoms with Crippen LogP contribution in [0.15, 0.2) is 29.0 Å². The number of carbonyl (C=O) groups is 1. The maximum Gasteiger partial charge on any atom is 0.492 e. The van der Waals surface area contributed by atoms with Gasteiger partial charge in [-0.05, 0) is 19.1 Å². The smallest absolute Gasteiger partial charge is 0.363 e. The zero-order chi connectivity index (χ0) is 15.5. The molecule has 2 heterocycles. The Kier molecular flexibility index (Phi) is 4.17. The number of aromatic nitrogens is 3. The third-order valence-electron chi connectivity index (χ3n) is 2.29. The highest BCUT2D eigenvalue weighted by molar-refractivity contribution is 5.75. The van der Waals surface area contributed by atoms with Gasteiger partial charge in [-0.15, -0.1) is 5.48 Å². The summed E-state index contributed by atoms with van der Waals surface area (Å²) in [5.41, 5.74) is 2.46. The number of nitrogens with zero attached hydrogens (tertiary/aromatic N) is 3. The highest BCUT2D eigenvalue weighted by Gasteiger charge is 2.41. The topological polar surface area (TPSA) is 90.1 Å². The number of halogens is 3. The summed E-state index contributed by atoms with van der Waals surface area (Å²) >= 11 is 0. The van der Waals surface area contributed by atoms with Gasteiger partial charge >= 0.3 is 12.1 Å². The van der Waals surface area contributed by atoms with Gasteiger partial charge in [0.05, 0.1) is 0 Å².